The summed E-state index contributed by atoms with van der Waals surface area (Å²) in [4.78, 5) is 16.3. The standard InChI is InChI=1S/C33H56FN5O4Si/c1-22(36-30(40)42-32(5,6)7)14-13-17-41-29-20-24(15-16-35-29)37-28-21-26(38-39(28)31(2,3)4)23-18-25(34)27(19-23)43-44(11,12)33(8,9)10/h15-16,20-23,25,27H,13-14,17-19H2,1-12H3,(H,35,37)(H,36,40)/t22-,23-,25+,27-/m0/s1. The van der Waals surface area contributed by atoms with Gasteiger partial charge in [0.2, 0.25) is 5.88 Å². The average molecular weight is 634 g/mol. The number of aromatic nitrogens is 3. The van der Waals surface area contributed by atoms with Crippen molar-refractivity contribution in [3.63, 3.8) is 0 Å². The number of nitrogens with zero attached hydrogens (tertiary/aromatic N) is 3. The fourth-order valence-corrected chi connectivity index (χ4v) is 6.28. The molecule has 0 saturated heterocycles. The number of alkyl halides is 1. The molecule has 0 aliphatic heterocycles. The fourth-order valence-electron chi connectivity index (χ4n) is 4.93. The van der Waals surface area contributed by atoms with Gasteiger partial charge in [0, 0.05) is 36.0 Å². The monoisotopic (exact) mass is 633 g/mol. The minimum atomic E-state index is -2.08. The molecule has 1 fully saturated rings. The molecular weight excluding hydrogens is 577 g/mol. The molecule has 4 atom stereocenters. The molecule has 9 nitrogen and oxygen atoms in total. The van der Waals surface area contributed by atoms with Gasteiger partial charge in [-0.15, -0.1) is 0 Å². The number of nitrogens with one attached hydrogen (secondary N) is 2. The predicted molar refractivity (Wildman–Crippen MR) is 177 cm³/mol. The van der Waals surface area contributed by atoms with E-state index in [9.17, 15) is 4.79 Å². The Kier molecular flexibility index (Phi) is 11.2. The molecule has 2 aromatic rings. The molecule has 0 spiro atoms. The van der Waals surface area contributed by atoms with Crippen molar-refractivity contribution in [2.75, 3.05) is 11.9 Å². The maximum atomic E-state index is 15.3. The van der Waals surface area contributed by atoms with Crippen LogP contribution in [-0.2, 0) is 14.7 Å². The molecule has 1 aliphatic carbocycles. The zero-order valence-corrected chi connectivity index (χ0v) is 30.0. The minimum absolute atomic E-state index is 0.00699. The Morgan fingerprint density at radius 2 is 1.80 bits per heavy atom. The first-order chi connectivity index (χ1) is 20.1. The van der Waals surface area contributed by atoms with Crippen LogP contribution < -0.4 is 15.4 Å². The van der Waals surface area contributed by atoms with Gasteiger partial charge in [-0.3, -0.25) is 0 Å². The summed E-state index contributed by atoms with van der Waals surface area (Å²) in [5.74, 6) is 1.33. The van der Waals surface area contributed by atoms with Crippen LogP contribution in [0.4, 0.5) is 20.7 Å². The number of halogens is 1. The highest BCUT2D eigenvalue weighted by atomic mass is 28.4. The molecule has 1 amide bonds. The predicted octanol–water partition coefficient (Wildman–Crippen LogP) is 8.45. The zero-order chi connectivity index (χ0) is 33.1. The van der Waals surface area contributed by atoms with Crippen LogP contribution >= 0.6 is 0 Å². The summed E-state index contributed by atoms with van der Waals surface area (Å²) in [7, 11) is -2.08. The molecule has 3 rings (SSSR count). The molecule has 0 bridgehead atoms. The van der Waals surface area contributed by atoms with Crippen molar-refractivity contribution < 1.29 is 23.1 Å². The topological polar surface area (TPSA) is 99.5 Å². The number of hydrogen-bond donors (Lipinski definition) is 2. The highest BCUT2D eigenvalue weighted by Gasteiger charge is 2.45. The lowest BCUT2D eigenvalue weighted by Crippen LogP contribution is -2.45. The van der Waals surface area contributed by atoms with E-state index >= 15 is 4.39 Å². The summed E-state index contributed by atoms with van der Waals surface area (Å²) in [5.41, 5.74) is 0.883. The van der Waals surface area contributed by atoms with Crippen molar-refractivity contribution in [1.82, 2.24) is 20.1 Å². The van der Waals surface area contributed by atoms with Crippen molar-refractivity contribution in [2.45, 2.75) is 148 Å². The van der Waals surface area contributed by atoms with Gasteiger partial charge in [-0.25, -0.2) is 18.9 Å². The first-order valence-corrected chi connectivity index (χ1v) is 18.8. The largest absolute Gasteiger partial charge is 0.478 e. The van der Waals surface area contributed by atoms with E-state index in [2.05, 4.69) is 70.3 Å². The van der Waals surface area contributed by atoms with Crippen molar-refractivity contribution >= 4 is 25.9 Å². The number of carbonyl (C=O) groups is 1. The molecule has 44 heavy (non-hydrogen) atoms. The molecule has 2 aromatic heterocycles. The third kappa shape index (κ3) is 10.2. The number of amides is 1. The van der Waals surface area contributed by atoms with Crippen molar-refractivity contribution in [3.8, 4) is 5.88 Å². The van der Waals surface area contributed by atoms with Crippen molar-refractivity contribution in [2.24, 2.45) is 0 Å². The fraction of sp³-hybridized carbons (Fsp3) is 0.727. The van der Waals surface area contributed by atoms with Gasteiger partial charge in [0.1, 0.15) is 17.6 Å². The maximum Gasteiger partial charge on any atom is 0.407 e. The number of hydrogen-bond acceptors (Lipinski definition) is 7. The maximum absolute atomic E-state index is 15.3. The van der Waals surface area contributed by atoms with Crippen LogP contribution in [0.15, 0.2) is 24.4 Å². The number of ether oxygens (including phenoxy) is 2. The smallest absolute Gasteiger partial charge is 0.407 e. The Morgan fingerprint density at radius 1 is 1.11 bits per heavy atom. The first kappa shape index (κ1) is 35.8. The van der Waals surface area contributed by atoms with E-state index in [0.29, 0.717) is 25.3 Å². The Balaban J connectivity index is 1.63. The molecule has 0 unspecified atom stereocenters. The van der Waals surface area contributed by atoms with Crippen LogP contribution in [0.5, 0.6) is 5.88 Å². The minimum Gasteiger partial charge on any atom is -0.478 e. The zero-order valence-electron chi connectivity index (χ0n) is 29.0. The number of anilines is 2. The van der Waals surface area contributed by atoms with Crippen LogP contribution in [0, 0.1) is 0 Å². The van der Waals surface area contributed by atoms with E-state index in [1.54, 1.807) is 6.20 Å². The number of alkyl carbamates (subject to hydrolysis) is 1. The molecular formula is C33H56FN5O4Si. The lowest BCUT2D eigenvalue weighted by Gasteiger charge is -2.38. The van der Waals surface area contributed by atoms with Crippen LogP contribution in [0.1, 0.15) is 107 Å². The highest BCUT2D eigenvalue weighted by Crippen LogP contribution is 2.44. The summed E-state index contributed by atoms with van der Waals surface area (Å²) < 4.78 is 35.0. The van der Waals surface area contributed by atoms with E-state index in [1.165, 1.54) is 0 Å². The molecule has 0 aromatic carbocycles. The van der Waals surface area contributed by atoms with Crippen molar-refractivity contribution in [3.05, 3.63) is 30.1 Å². The van der Waals surface area contributed by atoms with E-state index in [4.69, 9.17) is 19.0 Å². The lowest BCUT2D eigenvalue weighted by atomic mass is 10.0. The Hall–Kier alpha value is -2.66. The van der Waals surface area contributed by atoms with Crippen molar-refractivity contribution in [1.29, 1.82) is 0 Å². The lowest BCUT2D eigenvalue weighted by molar-refractivity contribution is 0.0504. The van der Waals surface area contributed by atoms with Gasteiger partial charge >= 0.3 is 6.09 Å². The normalized spacial score (nSPS) is 20.3. The third-order valence-corrected chi connectivity index (χ3v) is 12.8. The van der Waals surface area contributed by atoms with Gasteiger partial charge < -0.3 is 24.5 Å². The summed E-state index contributed by atoms with van der Waals surface area (Å²) in [6.45, 7) is 25.2. The molecule has 2 heterocycles. The number of pyridine rings is 1. The molecule has 1 saturated carbocycles. The number of rotatable bonds is 11. The highest BCUT2D eigenvalue weighted by molar-refractivity contribution is 6.74. The molecule has 248 valence electrons. The quantitative estimate of drug-likeness (QED) is 0.189. The van der Waals surface area contributed by atoms with Crippen LogP contribution in [0.25, 0.3) is 0 Å². The van der Waals surface area contributed by atoms with E-state index in [1.807, 2.05) is 50.6 Å². The summed E-state index contributed by atoms with van der Waals surface area (Å²) in [6.07, 6.45) is 2.43. The molecule has 0 radical (unpaired) electrons. The van der Waals surface area contributed by atoms with Gasteiger partial charge in [-0.2, -0.15) is 5.10 Å². The van der Waals surface area contributed by atoms with E-state index in [-0.39, 0.29) is 22.5 Å². The Morgan fingerprint density at radius 3 is 2.41 bits per heavy atom. The van der Waals surface area contributed by atoms with Gasteiger partial charge in [-0.05, 0) is 98.3 Å². The molecule has 1 aliphatic rings. The second-order valence-electron chi connectivity index (χ2n) is 15.7. The summed E-state index contributed by atoms with van der Waals surface area (Å²) >= 11 is 0. The summed E-state index contributed by atoms with van der Waals surface area (Å²) in [5, 5.41) is 11.3. The van der Waals surface area contributed by atoms with Gasteiger partial charge in [0.25, 0.3) is 0 Å². The van der Waals surface area contributed by atoms with Gasteiger partial charge in [0.15, 0.2) is 8.32 Å². The van der Waals surface area contributed by atoms with Crippen LogP contribution in [-0.4, -0.2) is 59.7 Å². The van der Waals surface area contributed by atoms with Crippen LogP contribution in [0.3, 0.4) is 0 Å². The third-order valence-electron chi connectivity index (χ3n) is 8.27. The Bertz CT molecular complexity index is 1250. The Labute approximate surface area is 265 Å². The van der Waals surface area contributed by atoms with Gasteiger partial charge in [0.05, 0.1) is 23.9 Å². The van der Waals surface area contributed by atoms with Crippen LogP contribution in [0.2, 0.25) is 18.1 Å². The summed E-state index contributed by atoms with van der Waals surface area (Å²) in [6, 6.07) is 5.74. The molecule has 2 N–H and O–H groups in total. The van der Waals surface area contributed by atoms with E-state index in [0.717, 1.165) is 30.0 Å². The van der Waals surface area contributed by atoms with Gasteiger partial charge in [-0.1, -0.05) is 20.8 Å². The average Bonchev–Trinajstić information content (AvgIpc) is 3.43. The number of carbonyl (C=O) groups excluding carboxylic acids is 1. The molecule has 11 heteroatoms. The second kappa shape index (κ2) is 13.8. The SMILES string of the molecule is C[C@@H](CCCOc1cc(Nc2cc([C@H]3C[C@@H](F)[C@@H](O[Si](C)(C)C(C)(C)C)C3)nn2C(C)(C)C)ccn1)NC(=O)OC(C)(C)C. The first-order valence-electron chi connectivity index (χ1n) is 15.9. The van der Waals surface area contributed by atoms with E-state index < -0.39 is 32.3 Å². The second-order valence-corrected chi connectivity index (χ2v) is 20.4.